The number of imidazole rings is 1. The fourth-order valence-corrected chi connectivity index (χ4v) is 4.01. The fraction of sp³-hybridized carbons (Fsp3) is 0.556. The van der Waals surface area contributed by atoms with Gasteiger partial charge in [-0.3, -0.25) is 9.69 Å². The third-order valence-electron chi connectivity index (χ3n) is 5.04. The van der Waals surface area contributed by atoms with E-state index in [1.165, 1.54) is 0 Å². The number of hydrogen-bond donors (Lipinski definition) is 1. The quantitative estimate of drug-likeness (QED) is 0.668. The van der Waals surface area contributed by atoms with Crippen molar-refractivity contribution in [1.29, 1.82) is 0 Å². The molecule has 1 aromatic heterocycles. The highest BCUT2D eigenvalue weighted by molar-refractivity contribution is 7.99. The van der Waals surface area contributed by atoms with Crippen molar-refractivity contribution in [3.05, 3.63) is 24.3 Å². The van der Waals surface area contributed by atoms with Gasteiger partial charge in [-0.05, 0) is 39.4 Å². The molecule has 5 nitrogen and oxygen atoms in total. The minimum absolute atomic E-state index is 0.285. The van der Waals surface area contributed by atoms with E-state index in [9.17, 15) is 4.79 Å². The first-order chi connectivity index (χ1) is 11.6. The summed E-state index contributed by atoms with van der Waals surface area (Å²) in [5.74, 6) is 1.19. The molecule has 1 saturated heterocycles. The maximum Gasteiger partial charge on any atom is 0.222 e. The van der Waals surface area contributed by atoms with E-state index in [4.69, 9.17) is 0 Å². The van der Waals surface area contributed by atoms with Gasteiger partial charge in [0.25, 0.3) is 0 Å². The summed E-state index contributed by atoms with van der Waals surface area (Å²) in [5, 5.41) is 0.935. The number of benzene rings is 1. The second kappa shape index (κ2) is 7.57. The van der Waals surface area contributed by atoms with Crippen LogP contribution in [0.5, 0.6) is 0 Å². The van der Waals surface area contributed by atoms with E-state index in [-0.39, 0.29) is 5.91 Å². The molecule has 1 aliphatic rings. The van der Waals surface area contributed by atoms with E-state index < -0.39 is 0 Å². The van der Waals surface area contributed by atoms with Crippen LogP contribution in [0.25, 0.3) is 11.0 Å². The molecule has 1 N–H and O–H groups in total. The van der Waals surface area contributed by atoms with Gasteiger partial charge >= 0.3 is 0 Å². The number of fused-ring (bicyclic) bond motifs is 1. The van der Waals surface area contributed by atoms with Crippen LogP contribution in [0.15, 0.2) is 29.4 Å². The summed E-state index contributed by atoms with van der Waals surface area (Å²) in [7, 11) is 2.13. The topological polar surface area (TPSA) is 52.2 Å². The van der Waals surface area contributed by atoms with Crippen LogP contribution in [0, 0.1) is 0 Å². The van der Waals surface area contributed by atoms with Gasteiger partial charge in [-0.25, -0.2) is 4.98 Å². The molecule has 2 atom stereocenters. The number of H-pyrrole nitrogens is 1. The monoisotopic (exact) mass is 346 g/mol. The van der Waals surface area contributed by atoms with Crippen molar-refractivity contribution < 1.29 is 4.79 Å². The summed E-state index contributed by atoms with van der Waals surface area (Å²) >= 11 is 1.69. The summed E-state index contributed by atoms with van der Waals surface area (Å²) in [6, 6.07) is 8.76. The Morgan fingerprint density at radius 3 is 2.88 bits per heavy atom. The number of aromatic amines is 1. The Kier molecular flexibility index (Phi) is 5.46. The van der Waals surface area contributed by atoms with Crippen LogP contribution in [0.3, 0.4) is 0 Å². The van der Waals surface area contributed by atoms with Crippen LogP contribution >= 0.6 is 11.8 Å². The smallest absolute Gasteiger partial charge is 0.222 e. The lowest BCUT2D eigenvalue weighted by Crippen LogP contribution is -2.57. The third-order valence-corrected chi connectivity index (χ3v) is 6.00. The number of amides is 1. The van der Waals surface area contributed by atoms with Crippen LogP contribution in [-0.2, 0) is 4.79 Å². The summed E-state index contributed by atoms with van der Waals surface area (Å²) in [5.41, 5.74) is 2.06. The van der Waals surface area contributed by atoms with Crippen molar-refractivity contribution in [3.63, 3.8) is 0 Å². The van der Waals surface area contributed by atoms with Crippen molar-refractivity contribution >= 4 is 28.7 Å². The average Bonchev–Trinajstić information content (AvgIpc) is 2.99. The van der Waals surface area contributed by atoms with Crippen LogP contribution in [0.2, 0.25) is 0 Å². The minimum atomic E-state index is 0.285. The Bertz CT molecular complexity index is 668. The molecule has 0 radical (unpaired) electrons. The molecular formula is C18H26N4OS. The zero-order chi connectivity index (χ0) is 17.1. The van der Waals surface area contributed by atoms with Gasteiger partial charge in [0.15, 0.2) is 5.16 Å². The number of para-hydroxylation sites is 2. The van der Waals surface area contributed by atoms with E-state index in [1.807, 2.05) is 24.3 Å². The maximum absolute atomic E-state index is 12.5. The maximum atomic E-state index is 12.5. The molecule has 6 heteroatoms. The first-order valence-corrected chi connectivity index (χ1v) is 9.62. The summed E-state index contributed by atoms with van der Waals surface area (Å²) in [6.07, 6.45) is 1.50. The van der Waals surface area contributed by atoms with Gasteiger partial charge in [0, 0.05) is 37.3 Å². The standard InChI is InChI=1S/C18H26N4OS/c1-13-14(2)22(11-10-21(13)3)17(23)9-6-12-24-18-19-15-7-4-5-8-16(15)20-18/h4-5,7-8,13-14H,6,9-12H2,1-3H3,(H,19,20). The van der Waals surface area contributed by atoms with Crippen LogP contribution in [0.1, 0.15) is 26.7 Å². The van der Waals surface area contributed by atoms with Crippen molar-refractivity contribution in [2.75, 3.05) is 25.9 Å². The van der Waals surface area contributed by atoms with E-state index in [0.29, 0.717) is 18.5 Å². The van der Waals surface area contributed by atoms with Crippen molar-refractivity contribution in [3.8, 4) is 0 Å². The van der Waals surface area contributed by atoms with E-state index >= 15 is 0 Å². The SMILES string of the molecule is CC1C(C)N(C(=O)CCCSc2nc3ccccc3[nH]2)CCN1C. The molecule has 0 spiro atoms. The predicted octanol–water partition coefficient (Wildman–Crippen LogP) is 2.99. The molecule has 1 aliphatic heterocycles. The number of hydrogen-bond acceptors (Lipinski definition) is 4. The molecule has 0 bridgehead atoms. The van der Waals surface area contributed by atoms with Gasteiger partial charge in [0.1, 0.15) is 0 Å². The highest BCUT2D eigenvalue weighted by Crippen LogP contribution is 2.21. The van der Waals surface area contributed by atoms with Crippen molar-refractivity contribution in [2.45, 2.75) is 43.9 Å². The van der Waals surface area contributed by atoms with Gasteiger partial charge in [-0.1, -0.05) is 23.9 Å². The molecule has 2 heterocycles. The molecule has 2 aromatic rings. The molecule has 0 aliphatic carbocycles. The molecule has 130 valence electrons. The fourth-order valence-electron chi connectivity index (χ4n) is 3.19. The molecule has 1 aromatic carbocycles. The van der Waals surface area contributed by atoms with E-state index in [0.717, 1.165) is 41.5 Å². The molecular weight excluding hydrogens is 320 g/mol. The second-order valence-electron chi connectivity index (χ2n) is 6.56. The van der Waals surface area contributed by atoms with E-state index in [2.05, 4.69) is 40.7 Å². The van der Waals surface area contributed by atoms with Crippen molar-refractivity contribution in [2.24, 2.45) is 0 Å². The lowest BCUT2D eigenvalue weighted by molar-refractivity contribution is -0.137. The number of carbonyl (C=O) groups excluding carboxylic acids is 1. The summed E-state index contributed by atoms with van der Waals surface area (Å²) < 4.78 is 0. The van der Waals surface area contributed by atoms with Gasteiger partial charge < -0.3 is 9.88 Å². The predicted molar refractivity (Wildman–Crippen MR) is 99.3 cm³/mol. The lowest BCUT2D eigenvalue weighted by Gasteiger charge is -2.43. The Hall–Kier alpha value is -1.53. The van der Waals surface area contributed by atoms with Gasteiger partial charge in [-0.2, -0.15) is 0 Å². The molecule has 0 saturated carbocycles. The summed E-state index contributed by atoms with van der Waals surface area (Å²) in [4.78, 5) is 24.7. The Morgan fingerprint density at radius 1 is 1.29 bits per heavy atom. The highest BCUT2D eigenvalue weighted by atomic mass is 32.2. The summed E-state index contributed by atoms with van der Waals surface area (Å²) in [6.45, 7) is 6.16. The number of thioether (sulfide) groups is 1. The first-order valence-electron chi connectivity index (χ1n) is 8.63. The third kappa shape index (κ3) is 3.75. The largest absolute Gasteiger partial charge is 0.337 e. The molecule has 24 heavy (non-hydrogen) atoms. The normalized spacial score (nSPS) is 22.2. The van der Waals surface area contributed by atoms with Gasteiger partial charge in [0.2, 0.25) is 5.91 Å². The zero-order valence-electron chi connectivity index (χ0n) is 14.7. The number of likely N-dealkylation sites (N-methyl/N-ethyl adjacent to an activating group) is 1. The molecule has 3 rings (SSSR count). The molecule has 1 fully saturated rings. The number of aromatic nitrogens is 2. The Morgan fingerprint density at radius 2 is 2.08 bits per heavy atom. The number of carbonyl (C=O) groups is 1. The minimum Gasteiger partial charge on any atom is -0.337 e. The lowest BCUT2D eigenvalue weighted by atomic mass is 10.0. The number of nitrogens with one attached hydrogen (secondary N) is 1. The van der Waals surface area contributed by atoms with E-state index in [1.54, 1.807) is 11.8 Å². The molecule has 1 amide bonds. The first kappa shape index (κ1) is 17.3. The Balaban J connectivity index is 1.45. The number of rotatable bonds is 5. The highest BCUT2D eigenvalue weighted by Gasteiger charge is 2.30. The van der Waals surface area contributed by atoms with Crippen LogP contribution in [-0.4, -0.2) is 63.6 Å². The van der Waals surface area contributed by atoms with Crippen LogP contribution < -0.4 is 0 Å². The second-order valence-corrected chi connectivity index (χ2v) is 7.64. The number of piperazine rings is 1. The van der Waals surface area contributed by atoms with Gasteiger partial charge in [-0.15, -0.1) is 0 Å². The molecule has 2 unspecified atom stereocenters. The van der Waals surface area contributed by atoms with Gasteiger partial charge in [0.05, 0.1) is 11.0 Å². The number of nitrogens with zero attached hydrogens (tertiary/aromatic N) is 3. The van der Waals surface area contributed by atoms with Crippen molar-refractivity contribution in [1.82, 2.24) is 19.8 Å². The van der Waals surface area contributed by atoms with Crippen LogP contribution in [0.4, 0.5) is 0 Å². The average molecular weight is 347 g/mol. The Labute approximate surface area is 147 Å². The zero-order valence-corrected chi connectivity index (χ0v) is 15.5.